The Bertz CT molecular complexity index is 440. The summed E-state index contributed by atoms with van der Waals surface area (Å²) in [5.74, 6) is 0. The second kappa shape index (κ2) is 3.76. The van der Waals surface area contributed by atoms with E-state index < -0.39 is 0 Å². The van der Waals surface area contributed by atoms with Crippen molar-refractivity contribution in [3.63, 3.8) is 0 Å². The van der Waals surface area contributed by atoms with E-state index in [1.54, 1.807) is 0 Å². The number of hydrogen-bond donors (Lipinski definition) is 0. The normalized spacial score (nSPS) is 10.1. The van der Waals surface area contributed by atoms with E-state index in [4.69, 9.17) is 11.6 Å². The topological polar surface area (TPSA) is 25.8 Å². The lowest BCUT2D eigenvalue weighted by molar-refractivity contribution is 0.983. The number of nitrogens with zero attached hydrogens (tertiary/aromatic N) is 2. The molecule has 0 aliphatic rings. The quantitative estimate of drug-likeness (QED) is 0.714. The smallest absolute Gasteiger partial charge is 0.154 e. The molecule has 0 aliphatic carbocycles. The van der Waals surface area contributed by atoms with Crippen molar-refractivity contribution in [1.82, 2.24) is 10.2 Å². The van der Waals surface area contributed by atoms with Crippen LogP contribution >= 0.6 is 11.6 Å². The molecule has 2 nitrogen and oxygen atoms in total. The fourth-order valence-electron chi connectivity index (χ4n) is 1.29. The number of hydrogen-bond acceptors (Lipinski definition) is 2. The van der Waals surface area contributed by atoms with Crippen LogP contribution < -0.4 is 0 Å². The van der Waals surface area contributed by atoms with Crippen LogP contribution in [0, 0.1) is 6.92 Å². The molecule has 0 bridgehead atoms. The lowest BCUT2D eigenvalue weighted by Gasteiger charge is -2.03. The SMILES string of the molecule is Cc1cc(-c2ccccc2)c(Cl)nn1. The van der Waals surface area contributed by atoms with Crippen molar-refractivity contribution in [3.05, 3.63) is 47.2 Å². The van der Waals surface area contributed by atoms with Gasteiger partial charge in [-0.15, -0.1) is 5.10 Å². The molecule has 1 aromatic carbocycles. The van der Waals surface area contributed by atoms with Gasteiger partial charge in [0.25, 0.3) is 0 Å². The van der Waals surface area contributed by atoms with Crippen LogP contribution in [-0.2, 0) is 0 Å². The van der Waals surface area contributed by atoms with E-state index in [9.17, 15) is 0 Å². The zero-order valence-corrected chi connectivity index (χ0v) is 8.49. The Kier molecular flexibility index (Phi) is 2.46. The fourth-order valence-corrected chi connectivity index (χ4v) is 1.50. The molecular formula is C11H9ClN2. The molecule has 0 fully saturated rings. The Labute approximate surface area is 87.6 Å². The molecule has 1 heterocycles. The molecule has 2 rings (SSSR count). The molecule has 3 heteroatoms. The molecule has 0 atom stereocenters. The van der Waals surface area contributed by atoms with E-state index in [1.807, 2.05) is 43.3 Å². The van der Waals surface area contributed by atoms with Crippen molar-refractivity contribution < 1.29 is 0 Å². The van der Waals surface area contributed by atoms with Crippen molar-refractivity contribution in [2.75, 3.05) is 0 Å². The fraction of sp³-hybridized carbons (Fsp3) is 0.0909. The van der Waals surface area contributed by atoms with Crippen molar-refractivity contribution in [2.24, 2.45) is 0 Å². The minimum absolute atomic E-state index is 0.446. The van der Waals surface area contributed by atoms with Crippen LogP contribution in [-0.4, -0.2) is 10.2 Å². The highest BCUT2D eigenvalue weighted by Crippen LogP contribution is 2.25. The van der Waals surface area contributed by atoms with Gasteiger partial charge in [0.15, 0.2) is 5.15 Å². The van der Waals surface area contributed by atoms with Crippen molar-refractivity contribution >= 4 is 11.6 Å². The largest absolute Gasteiger partial charge is 0.159 e. The molecule has 0 saturated heterocycles. The summed E-state index contributed by atoms with van der Waals surface area (Å²) in [7, 11) is 0. The van der Waals surface area contributed by atoms with Gasteiger partial charge in [-0.2, -0.15) is 5.10 Å². The highest BCUT2D eigenvalue weighted by atomic mass is 35.5. The molecule has 0 radical (unpaired) electrons. The minimum Gasteiger partial charge on any atom is -0.154 e. The van der Waals surface area contributed by atoms with Gasteiger partial charge in [-0.25, -0.2) is 0 Å². The summed E-state index contributed by atoms with van der Waals surface area (Å²) in [5, 5.41) is 8.20. The molecule has 1 aromatic heterocycles. The molecule has 0 amide bonds. The van der Waals surface area contributed by atoms with E-state index in [0.717, 1.165) is 16.8 Å². The molecule has 2 aromatic rings. The summed E-state index contributed by atoms with van der Waals surface area (Å²) in [6.45, 7) is 1.90. The first-order chi connectivity index (χ1) is 6.77. The monoisotopic (exact) mass is 204 g/mol. The highest BCUT2D eigenvalue weighted by molar-refractivity contribution is 6.32. The van der Waals surface area contributed by atoms with E-state index >= 15 is 0 Å². The molecule has 70 valence electrons. The number of benzene rings is 1. The maximum absolute atomic E-state index is 5.96. The number of aryl methyl sites for hydroxylation is 1. The van der Waals surface area contributed by atoms with Gasteiger partial charge < -0.3 is 0 Å². The summed E-state index contributed by atoms with van der Waals surface area (Å²) in [5.41, 5.74) is 2.86. The average molecular weight is 205 g/mol. The van der Waals surface area contributed by atoms with E-state index in [-0.39, 0.29) is 0 Å². The van der Waals surface area contributed by atoms with Gasteiger partial charge in [0.05, 0.1) is 5.69 Å². The van der Waals surface area contributed by atoms with E-state index in [1.165, 1.54) is 0 Å². The summed E-state index contributed by atoms with van der Waals surface area (Å²) in [6.07, 6.45) is 0. The lowest BCUT2D eigenvalue weighted by Crippen LogP contribution is -1.90. The van der Waals surface area contributed by atoms with Crippen LogP contribution in [0.3, 0.4) is 0 Å². The second-order valence-electron chi connectivity index (χ2n) is 3.06. The number of rotatable bonds is 1. The average Bonchev–Trinajstić information content (AvgIpc) is 2.23. The van der Waals surface area contributed by atoms with Crippen molar-refractivity contribution in [1.29, 1.82) is 0 Å². The van der Waals surface area contributed by atoms with Crippen LogP contribution in [0.1, 0.15) is 5.69 Å². The first-order valence-corrected chi connectivity index (χ1v) is 4.70. The van der Waals surface area contributed by atoms with Gasteiger partial charge in [-0.3, -0.25) is 0 Å². The summed E-state index contributed by atoms with van der Waals surface area (Å²) in [6, 6.07) is 11.9. The summed E-state index contributed by atoms with van der Waals surface area (Å²) < 4.78 is 0. The van der Waals surface area contributed by atoms with Gasteiger partial charge in [0, 0.05) is 5.56 Å². The third-order valence-corrected chi connectivity index (χ3v) is 2.23. The highest BCUT2D eigenvalue weighted by Gasteiger charge is 2.04. The Balaban J connectivity index is 2.57. The van der Waals surface area contributed by atoms with Crippen LogP contribution in [0.25, 0.3) is 11.1 Å². The minimum atomic E-state index is 0.446. The van der Waals surface area contributed by atoms with Crippen LogP contribution in [0.15, 0.2) is 36.4 Å². The Hall–Kier alpha value is -1.41. The second-order valence-corrected chi connectivity index (χ2v) is 3.41. The zero-order valence-electron chi connectivity index (χ0n) is 7.74. The molecule has 0 unspecified atom stereocenters. The van der Waals surface area contributed by atoms with E-state index in [0.29, 0.717) is 5.15 Å². The predicted octanol–water partition coefficient (Wildman–Crippen LogP) is 3.11. The van der Waals surface area contributed by atoms with E-state index in [2.05, 4.69) is 10.2 Å². The van der Waals surface area contributed by atoms with Crippen LogP contribution in [0.5, 0.6) is 0 Å². The van der Waals surface area contributed by atoms with Crippen LogP contribution in [0.4, 0.5) is 0 Å². The first-order valence-electron chi connectivity index (χ1n) is 4.32. The predicted molar refractivity (Wildman–Crippen MR) is 57.2 cm³/mol. The van der Waals surface area contributed by atoms with Crippen molar-refractivity contribution in [2.45, 2.75) is 6.92 Å². The van der Waals surface area contributed by atoms with Gasteiger partial charge in [-0.05, 0) is 18.6 Å². The first kappa shape index (κ1) is 9.16. The molecular weight excluding hydrogens is 196 g/mol. The standard InChI is InChI=1S/C11H9ClN2/c1-8-7-10(11(12)14-13-8)9-5-3-2-4-6-9/h2-7H,1H3. The molecule has 0 N–H and O–H groups in total. The van der Waals surface area contributed by atoms with Crippen LogP contribution in [0.2, 0.25) is 5.15 Å². The summed E-state index contributed by atoms with van der Waals surface area (Å²) in [4.78, 5) is 0. The molecule has 0 spiro atoms. The Morgan fingerprint density at radius 1 is 1.07 bits per heavy atom. The third-order valence-electron chi connectivity index (χ3n) is 1.96. The Morgan fingerprint density at radius 3 is 2.50 bits per heavy atom. The van der Waals surface area contributed by atoms with Gasteiger partial charge in [0.1, 0.15) is 0 Å². The summed E-state index contributed by atoms with van der Waals surface area (Å²) >= 11 is 5.96. The molecule has 0 aliphatic heterocycles. The number of aromatic nitrogens is 2. The maximum atomic E-state index is 5.96. The van der Waals surface area contributed by atoms with Gasteiger partial charge in [-0.1, -0.05) is 41.9 Å². The molecule has 14 heavy (non-hydrogen) atoms. The van der Waals surface area contributed by atoms with Gasteiger partial charge >= 0.3 is 0 Å². The zero-order chi connectivity index (χ0) is 9.97. The Morgan fingerprint density at radius 2 is 1.79 bits per heavy atom. The van der Waals surface area contributed by atoms with Gasteiger partial charge in [0.2, 0.25) is 0 Å². The third kappa shape index (κ3) is 1.75. The molecule has 0 saturated carbocycles. The number of halogens is 1. The maximum Gasteiger partial charge on any atom is 0.159 e. The lowest BCUT2D eigenvalue weighted by atomic mass is 10.1. The van der Waals surface area contributed by atoms with Crippen molar-refractivity contribution in [3.8, 4) is 11.1 Å².